The summed E-state index contributed by atoms with van der Waals surface area (Å²) in [7, 11) is 0. The molecule has 1 saturated carbocycles. The molecule has 3 heterocycles. The predicted octanol–water partition coefficient (Wildman–Crippen LogP) is 3.04. The van der Waals surface area contributed by atoms with Crippen LogP contribution in [-0.4, -0.2) is 66.5 Å². The Bertz CT molecular complexity index is 1100. The van der Waals surface area contributed by atoms with Crippen molar-refractivity contribution >= 4 is 23.2 Å². The van der Waals surface area contributed by atoms with Gasteiger partial charge in [0.1, 0.15) is 11.3 Å². The number of hydrogen-bond acceptors (Lipinski definition) is 5. The van der Waals surface area contributed by atoms with Gasteiger partial charge < -0.3 is 10.1 Å². The molecule has 1 N–H and O–H groups in total. The van der Waals surface area contributed by atoms with Gasteiger partial charge in [0.05, 0.1) is 24.5 Å². The second-order valence-electron chi connectivity index (χ2n) is 10.0. The minimum absolute atomic E-state index is 0.0263. The number of para-hydroxylation sites is 2. The minimum Gasteiger partial charge on any atom is -0.493 e. The Morgan fingerprint density at radius 3 is 2.59 bits per heavy atom. The molecule has 4 aliphatic rings. The topological polar surface area (TPSA) is 65.1 Å². The normalized spacial score (nSPS) is 21.8. The molecule has 7 heteroatoms. The number of fused-ring (bicyclic) bond motifs is 2. The number of anilines is 2. The van der Waals surface area contributed by atoms with Crippen LogP contribution < -0.4 is 15.0 Å². The van der Waals surface area contributed by atoms with Crippen LogP contribution in [0.2, 0.25) is 0 Å². The van der Waals surface area contributed by atoms with Gasteiger partial charge in [-0.1, -0.05) is 37.1 Å². The molecule has 0 atom stereocenters. The molecule has 0 unspecified atom stereocenters. The summed E-state index contributed by atoms with van der Waals surface area (Å²) in [5.41, 5.74) is 3.49. The van der Waals surface area contributed by atoms with Crippen LogP contribution in [0.25, 0.3) is 0 Å². The molecule has 6 rings (SSSR count). The second kappa shape index (κ2) is 8.71. The van der Waals surface area contributed by atoms with Crippen LogP contribution in [0.15, 0.2) is 42.5 Å². The van der Waals surface area contributed by atoms with Crippen LogP contribution in [0.1, 0.15) is 36.8 Å². The van der Waals surface area contributed by atoms with Crippen LogP contribution in [0.4, 0.5) is 11.4 Å². The molecule has 1 aliphatic carbocycles. The van der Waals surface area contributed by atoms with E-state index >= 15 is 0 Å². The van der Waals surface area contributed by atoms with Crippen LogP contribution in [-0.2, 0) is 22.6 Å². The highest BCUT2D eigenvalue weighted by molar-refractivity contribution is 6.15. The first kappa shape index (κ1) is 21.6. The first-order valence-corrected chi connectivity index (χ1v) is 12.6. The van der Waals surface area contributed by atoms with E-state index in [1.165, 1.54) is 11.1 Å². The van der Waals surface area contributed by atoms with Gasteiger partial charge in [0, 0.05) is 39.1 Å². The van der Waals surface area contributed by atoms with Gasteiger partial charge >= 0.3 is 0 Å². The number of carbonyl (C=O) groups excluding carboxylic acids is 2. The molecule has 0 aromatic heterocycles. The van der Waals surface area contributed by atoms with Crippen molar-refractivity contribution in [1.82, 2.24) is 9.80 Å². The van der Waals surface area contributed by atoms with E-state index in [0.29, 0.717) is 6.54 Å². The van der Waals surface area contributed by atoms with Gasteiger partial charge in [-0.3, -0.25) is 24.3 Å². The number of rotatable bonds is 4. The quantitative estimate of drug-likeness (QED) is 0.760. The van der Waals surface area contributed by atoms with Gasteiger partial charge in [0.15, 0.2) is 0 Å². The summed E-state index contributed by atoms with van der Waals surface area (Å²) >= 11 is 0. The summed E-state index contributed by atoms with van der Waals surface area (Å²) < 4.78 is 5.63. The van der Waals surface area contributed by atoms with E-state index < -0.39 is 5.54 Å². The maximum atomic E-state index is 13.7. The summed E-state index contributed by atoms with van der Waals surface area (Å²) in [5, 5.41) is 3.06. The van der Waals surface area contributed by atoms with Gasteiger partial charge in [-0.05, 0) is 42.2 Å². The van der Waals surface area contributed by atoms with E-state index in [0.717, 1.165) is 88.6 Å². The van der Waals surface area contributed by atoms with Crippen LogP contribution in [0.3, 0.4) is 0 Å². The molecule has 2 fully saturated rings. The molecular weight excluding hydrogens is 428 g/mol. The molecule has 7 nitrogen and oxygen atoms in total. The van der Waals surface area contributed by atoms with Crippen molar-refractivity contribution in [1.29, 1.82) is 0 Å². The number of nitrogens with one attached hydrogen (secondary N) is 1. The van der Waals surface area contributed by atoms with Crippen molar-refractivity contribution in [2.24, 2.45) is 0 Å². The Morgan fingerprint density at radius 1 is 1.00 bits per heavy atom. The molecule has 3 aliphatic heterocycles. The third-order valence-electron chi connectivity index (χ3n) is 7.91. The largest absolute Gasteiger partial charge is 0.493 e. The van der Waals surface area contributed by atoms with Gasteiger partial charge in [0.2, 0.25) is 5.91 Å². The summed E-state index contributed by atoms with van der Waals surface area (Å²) in [4.78, 5) is 33.4. The summed E-state index contributed by atoms with van der Waals surface area (Å²) in [6.07, 6.45) is 4.43. The number of piperazine rings is 1. The van der Waals surface area contributed by atoms with Crippen LogP contribution in [0.5, 0.6) is 5.75 Å². The fourth-order valence-electron chi connectivity index (χ4n) is 6.09. The van der Waals surface area contributed by atoms with E-state index in [1.54, 1.807) is 0 Å². The Balaban J connectivity index is 1.12. The average molecular weight is 461 g/mol. The maximum absolute atomic E-state index is 13.7. The van der Waals surface area contributed by atoms with E-state index in [9.17, 15) is 9.59 Å². The molecule has 1 saturated heterocycles. The number of ether oxygens (including phenoxy) is 1. The van der Waals surface area contributed by atoms with Crippen molar-refractivity contribution in [2.75, 3.05) is 49.5 Å². The van der Waals surface area contributed by atoms with Crippen molar-refractivity contribution < 1.29 is 14.3 Å². The van der Waals surface area contributed by atoms with Gasteiger partial charge in [-0.2, -0.15) is 0 Å². The molecular formula is C27H32N4O3. The Kier molecular flexibility index (Phi) is 5.54. The molecule has 2 aromatic rings. The van der Waals surface area contributed by atoms with Gasteiger partial charge in [-0.15, -0.1) is 0 Å². The fraction of sp³-hybridized carbons (Fsp3) is 0.481. The average Bonchev–Trinajstić information content (AvgIpc) is 3.51. The molecule has 1 spiro atoms. The molecule has 178 valence electrons. The number of hydrogen-bond donors (Lipinski definition) is 1. The number of benzene rings is 2. The maximum Gasteiger partial charge on any atom is 0.250 e. The lowest BCUT2D eigenvalue weighted by Gasteiger charge is -2.45. The SMILES string of the molecule is O=C(CN1CCN(Cc2ccc3c(c2)CCO3)CC1)N1c2ccccc2NC(=O)C12CCCC2. The summed E-state index contributed by atoms with van der Waals surface area (Å²) in [6.45, 7) is 5.65. The highest BCUT2D eigenvalue weighted by atomic mass is 16.5. The minimum atomic E-state index is -0.732. The zero-order chi connectivity index (χ0) is 23.1. The lowest BCUT2D eigenvalue weighted by atomic mass is 9.89. The van der Waals surface area contributed by atoms with Crippen molar-refractivity contribution in [3.05, 3.63) is 53.6 Å². The van der Waals surface area contributed by atoms with E-state index in [2.05, 4.69) is 33.3 Å². The van der Waals surface area contributed by atoms with Gasteiger partial charge in [-0.25, -0.2) is 0 Å². The Labute approximate surface area is 200 Å². The molecule has 2 amide bonds. The molecule has 2 aromatic carbocycles. The Hall–Kier alpha value is -2.90. The van der Waals surface area contributed by atoms with Gasteiger partial charge in [0.25, 0.3) is 5.91 Å². The third kappa shape index (κ3) is 3.77. The zero-order valence-electron chi connectivity index (χ0n) is 19.6. The lowest BCUT2D eigenvalue weighted by molar-refractivity contribution is -0.128. The summed E-state index contributed by atoms with van der Waals surface area (Å²) in [5.74, 6) is 1.04. The smallest absolute Gasteiger partial charge is 0.250 e. The number of nitrogens with zero attached hydrogens (tertiary/aromatic N) is 3. The predicted molar refractivity (Wildman–Crippen MR) is 131 cm³/mol. The molecule has 34 heavy (non-hydrogen) atoms. The second-order valence-corrected chi connectivity index (χ2v) is 10.0. The fourth-order valence-corrected chi connectivity index (χ4v) is 6.09. The Morgan fingerprint density at radius 2 is 1.76 bits per heavy atom. The van der Waals surface area contributed by atoms with Crippen molar-refractivity contribution in [2.45, 2.75) is 44.2 Å². The van der Waals surface area contributed by atoms with Crippen molar-refractivity contribution in [3.8, 4) is 5.75 Å². The third-order valence-corrected chi connectivity index (χ3v) is 7.91. The number of amides is 2. The monoisotopic (exact) mass is 460 g/mol. The summed E-state index contributed by atoms with van der Waals surface area (Å²) in [6, 6.07) is 14.2. The van der Waals surface area contributed by atoms with Crippen molar-refractivity contribution in [3.63, 3.8) is 0 Å². The molecule has 0 bridgehead atoms. The van der Waals surface area contributed by atoms with E-state index in [-0.39, 0.29) is 11.8 Å². The number of carbonyl (C=O) groups is 2. The molecule has 0 radical (unpaired) electrons. The zero-order valence-corrected chi connectivity index (χ0v) is 19.6. The first-order valence-electron chi connectivity index (χ1n) is 12.6. The standard InChI is InChI=1S/C27H32N4O3/c32-25(31-23-6-2-1-5-22(23)28-26(33)27(31)10-3-4-11-27)19-30-14-12-29(13-15-30)18-20-7-8-24-21(17-20)9-16-34-24/h1-2,5-8,17H,3-4,9-16,18-19H2,(H,28,33). The van der Waals surface area contributed by atoms with Crippen LogP contribution in [0, 0.1) is 0 Å². The lowest BCUT2D eigenvalue weighted by Crippen LogP contribution is -2.62. The van der Waals surface area contributed by atoms with E-state index in [1.807, 2.05) is 29.2 Å². The first-order chi connectivity index (χ1) is 16.6. The highest BCUT2D eigenvalue weighted by Gasteiger charge is 2.52. The van der Waals surface area contributed by atoms with E-state index in [4.69, 9.17) is 4.74 Å². The highest BCUT2D eigenvalue weighted by Crippen LogP contribution is 2.45. The van der Waals surface area contributed by atoms with Crippen LogP contribution >= 0.6 is 0 Å².